The molecule has 10 nitrogen and oxygen atoms in total. The Kier molecular flexibility index (Phi) is 9.66. The molecular weight excluding hydrogens is 544 g/mol. The van der Waals surface area contributed by atoms with E-state index in [2.05, 4.69) is 4.90 Å². The molecule has 3 atom stereocenters. The first-order valence-corrected chi connectivity index (χ1v) is 15.4. The van der Waals surface area contributed by atoms with Crippen LogP contribution in [0.5, 0.6) is 5.75 Å². The van der Waals surface area contributed by atoms with E-state index in [0.717, 1.165) is 56.2 Å². The van der Waals surface area contributed by atoms with Crippen molar-refractivity contribution >= 4 is 29.4 Å². The summed E-state index contributed by atoms with van der Waals surface area (Å²) < 4.78 is 10.9. The first kappa shape index (κ1) is 29.2. The molecule has 0 bridgehead atoms. The van der Waals surface area contributed by atoms with Crippen LogP contribution in [0.3, 0.4) is 0 Å². The van der Waals surface area contributed by atoms with E-state index in [9.17, 15) is 19.7 Å². The number of nitro benzene ring substituents is 1. The molecule has 2 aromatic carbocycles. The maximum absolute atomic E-state index is 13.8. The molecule has 3 aliphatic rings. The number of nitro groups is 1. The molecule has 41 heavy (non-hydrogen) atoms. The van der Waals surface area contributed by atoms with Gasteiger partial charge in [-0.3, -0.25) is 19.8 Å². The van der Waals surface area contributed by atoms with Crippen molar-refractivity contribution in [3.8, 4) is 5.75 Å². The average molecular weight is 583 g/mol. The third kappa shape index (κ3) is 7.51. The number of carbonyl (C=O) groups excluding carboxylic acids is 2. The number of hydrogen-bond donors (Lipinski definition) is 0. The van der Waals surface area contributed by atoms with Gasteiger partial charge in [0.1, 0.15) is 18.4 Å². The summed E-state index contributed by atoms with van der Waals surface area (Å²) in [4.78, 5) is 43.6. The molecule has 11 heteroatoms. The maximum Gasteiger partial charge on any atom is 0.410 e. The second-order valence-corrected chi connectivity index (χ2v) is 12.4. The summed E-state index contributed by atoms with van der Waals surface area (Å²) in [5.74, 6) is 2.05. The SMILES string of the molecule is COc1ccc(CS[C@H]2C[C@@H](C(=O)N3CC[C@@H](CN4CCCC4)C3)N(C(=O)OCc3ccc([N+](=O)[O-])cc3)C2)cc1. The van der Waals surface area contributed by atoms with Crippen molar-refractivity contribution in [1.82, 2.24) is 14.7 Å². The molecule has 0 spiro atoms. The van der Waals surface area contributed by atoms with Gasteiger partial charge in [-0.25, -0.2) is 4.79 Å². The molecular formula is C30H38N4O6S. The molecule has 0 N–H and O–H groups in total. The molecule has 2 amide bonds. The van der Waals surface area contributed by atoms with Crippen LogP contribution in [0.2, 0.25) is 0 Å². The Morgan fingerprint density at radius 2 is 1.71 bits per heavy atom. The number of non-ortho nitro benzene ring substituents is 1. The predicted octanol–water partition coefficient (Wildman–Crippen LogP) is 4.56. The Morgan fingerprint density at radius 3 is 2.39 bits per heavy atom. The number of nitrogens with zero attached hydrogens (tertiary/aromatic N) is 4. The number of methoxy groups -OCH3 is 1. The summed E-state index contributed by atoms with van der Waals surface area (Å²) in [5, 5.41) is 11.0. The monoisotopic (exact) mass is 582 g/mol. The Bertz CT molecular complexity index is 1200. The van der Waals surface area contributed by atoms with E-state index in [1.54, 1.807) is 35.9 Å². The quantitative estimate of drug-likeness (QED) is 0.297. The summed E-state index contributed by atoms with van der Waals surface area (Å²) in [5.41, 5.74) is 1.79. The predicted molar refractivity (Wildman–Crippen MR) is 157 cm³/mol. The van der Waals surface area contributed by atoms with Crippen LogP contribution in [-0.4, -0.2) is 89.3 Å². The van der Waals surface area contributed by atoms with Crippen molar-refractivity contribution in [2.24, 2.45) is 5.92 Å². The number of thioether (sulfide) groups is 1. The summed E-state index contributed by atoms with van der Waals surface area (Å²) in [6, 6.07) is 13.3. The van der Waals surface area contributed by atoms with Crippen molar-refractivity contribution in [1.29, 1.82) is 0 Å². The number of rotatable bonds is 10. The van der Waals surface area contributed by atoms with Gasteiger partial charge in [0, 0.05) is 49.3 Å². The highest BCUT2D eigenvalue weighted by Gasteiger charge is 2.43. The van der Waals surface area contributed by atoms with Crippen LogP contribution in [0.15, 0.2) is 48.5 Å². The van der Waals surface area contributed by atoms with E-state index in [1.807, 2.05) is 29.2 Å². The van der Waals surface area contributed by atoms with Gasteiger partial charge in [-0.15, -0.1) is 0 Å². The number of carbonyl (C=O) groups is 2. The molecule has 0 aliphatic carbocycles. The van der Waals surface area contributed by atoms with E-state index in [-0.39, 0.29) is 23.5 Å². The van der Waals surface area contributed by atoms with Gasteiger partial charge in [0.05, 0.1) is 12.0 Å². The zero-order valence-electron chi connectivity index (χ0n) is 23.5. The highest BCUT2D eigenvalue weighted by atomic mass is 32.2. The molecule has 0 saturated carbocycles. The highest BCUT2D eigenvalue weighted by molar-refractivity contribution is 7.99. The molecule has 5 rings (SSSR count). The second kappa shape index (κ2) is 13.6. The van der Waals surface area contributed by atoms with Crippen LogP contribution in [0, 0.1) is 16.0 Å². The standard InChI is InChI=1S/C30H38N4O6S/c1-39-26-10-6-23(7-11-26)21-41-27-16-28(29(35)32-15-12-24(18-32)17-31-13-2-3-14-31)33(19-27)30(36)40-20-22-4-8-25(9-5-22)34(37)38/h4-11,24,27-28H,2-3,12-21H2,1H3/t24-,27-,28-/m0/s1. The van der Waals surface area contributed by atoms with E-state index in [1.165, 1.54) is 25.0 Å². The van der Waals surface area contributed by atoms with E-state index in [0.29, 0.717) is 24.4 Å². The first-order valence-electron chi connectivity index (χ1n) is 14.3. The van der Waals surface area contributed by atoms with Gasteiger partial charge in [-0.2, -0.15) is 11.8 Å². The van der Waals surface area contributed by atoms with Crippen LogP contribution in [0.1, 0.15) is 36.8 Å². The molecule has 220 valence electrons. The van der Waals surface area contributed by atoms with Crippen molar-refractivity contribution < 1.29 is 24.0 Å². The average Bonchev–Trinajstić information content (AvgIpc) is 3.77. The number of amides is 2. The summed E-state index contributed by atoms with van der Waals surface area (Å²) >= 11 is 1.74. The molecule has 0 aromatic heterocycles. The van der Waals surface area contributed by atoms with E-state index < -0.39 is 17.1 Å². The minimum Gasteiger partial charge on any atom is -0.497 e. The molecule has 2 aromatic rings. The van der Waals surface area contributed by atoms with Crippen LogP contribution in [0.25, 0.3) is 0 Å². The Balaban J connectivity index is 1.22. The number of benzene rings is 2. The van der Waals surface area contributed by atoms with Crippen molar-refractivity contribution in [2.75, 3.05) is 46.4 Å². The lowest BCUT2D eigenvalue weighted by molar-refractivity contribution is -0.384. The Labute approximate surface area is 245 Å². The van der Waals surface area contributed by atoms with E-state index >= 15 is 0 Å². The number of likely N-dealkylation sites (tertiary alicyclic amines) is 3. The third-order valence-electron chi connectivity index (χ3n) is 8.25. The Morgan fingerprint density at radius 1 is 1.00 bits per heavy atom. The molecule has 3 fully saturated rings. The van der Waals surface area contributed by atoms with Crippen LogP contribution >= 0.6 is 11.8 Å². The van der Waals surface area contributed by atoms with Gasteiger partial charge < -0.3 is 19.3 Å². The number of hydrogen-bond acceptors (Lipinski definition) is 8. The van der Waals surface area contributed by atoms with Gasteiger partial charge in [0.15, 0.2) is 0 Å². The first-order chi connectivity index (χ1) is 19.9. The van der Waals surface area contributed by atoms with E-state index in [4.69, 9.17) is 9.47 Å². The zero-order valence-corrected chi connectivity index (χ0v) is 24.3. The summed E-state index contributed by atoms with van der Waals surface area (Å²) in [7, 11) is 1.64. The van der Waals surface area contributed by atoms with Gasteiger partial charge in [0.25, 0.3) is 5.69 Å². The van der Waals surface area contributed by atoms with Crippen molar-refractivity contribution in [2.45, 2.75) is 49.3 Å². The van der Waals surface area contributed by atoms with Crippen LogP contribution < -0.4 is 4.74 Å². The smallest absolute Gasteiger partial charge is 0.410 e. The molecule has 3 aliphatic heterocycles. The summed E-state index contributed by atoms with van der Waals surface area (Å²) in [6.07, 6.45) is 3.56. The van der Waals surface area contributed by atoms with Crippen LogP contribution in [0.4, 0.5) is 10.5 Å². The van der Waals surface area contributed by atoms with Crippen molar-refractivity contribution in [3.63, 3.8) is 0 Å². The zero-order chi connectivity index (χ0) is 28.8. The fraction of sp³-hybridized carbons (Fsp3) is 0.533. The topological polar surface area (TPSA) is 105 Å². The normalized spacial score (nSPS) is 22.7. The molecule has 3 saturated heterocycles. The van der Waals surface area contributed by atoms with Gasteiger partial charge in [-0.05, 0) is 80.1 Å². The minimum absolute atomic E-state index is 0.00811. The minimum atomic E-state index is -0.557. The Hall–Kier alpha value is -3.31. The van der Waals surface area contributed by atoms with Gasteiger partial charge >= 0.3 is 6.09 Å². The van der Waals surface area contributed by atoms with Crippen LogP contribution in [-0.2, 0) is 21.9 Å². The molecule has 3 heterocycles. The van der Waals surface area contributed by atoms with Crippen molar-refractivity contribution in [3.05, 3.63) is 69.8 Å². The third-order valence-corrected chi connectivity index (χ3v) is 9.56. The largest absolute Gasteiger partial charge is 0.497 e. The lowest BCUT2D eigenvalue weighted by atomic mass is 10.1. The lowest BCUT2D eigenvalue weighted by Crippen LogP contribution is -2.47. The lowest BCUT2D eigenvalue weighted by Gasteiger charge is -2.27. The second-order valence-electron chi connectivity index (χ2n) is 11.1. The fourth-order valence-corrected chi connectivity index (χ4v) is 7.16. The van der Waals surface area contributed by atoms with Gasteiger partial charge in [0.2, 0.25) is 5.91 Å². The molecule has 0 unspecified atom stereocenters. The molecule has 0 radical (unpaired) electrons. The fourth-order valence-electron chi connectivity index (χ4n) is 5.95. The highest BCUT2D eigenvalue weighted by Crippen LogP contribution is 2.33. The maximum atomic E-state index is 13.8. The number of ether oxygens (including phenoxy) is 2. The summed E-state index contributed by atoms with van der Waals surface area (Å²) in [6.45, 7) is 5.21. The van der Waals surface area contributed by atoms with Gasteiger partial charge in [-0.1, -0.05) is 12.1 Å².